The number of para-hydroxylation sites is 1. The molecule has 2 aromatic rings. The Labute approximate surface area is 138 Å². The van der Waals surface area contributed by atoms with Crippen molar-refractivity contribution in [2.45, 2.75) is 46.1 Å². The number of rotatable bonds is 4. The molecule has 1 aliphatic rings. The zero-order chi connectivity index (χ0) is 16.2. The third-order valence-electron chi connectivity index (χ3n) is 5.01. The van der Waals surface area contributed by atoms with Gasteiger partial charge in [-0.3, -0.25) is 4.98 Å². The van der Waals surface area contributed by atoms with Gasteiger partial charge in [-0.15, -0.1) is 0 Å². The average molecular weight is 310 g/mol. The number of nitrogens with zero attached hydrogens (tertiary/aromatic N) is 2. The van der Waals surface area contributed by atoms with Crippen LogP contribution in [0, 0.1) is 17.8 Å². The second-order valence-electron chi connectivity index (χ2n) is 7.13. The lowest BCUT2D eigenvalue weighted by molar-refractivity contribution is -0.0354. The van der Waals surface area contributed by atoms with Crippen LogP contribution in [0.1, 0.15) is 45.6 Å². The Kier molecular flexibility index (Phi) is 4.94. The van der Waals surface area contributed by atoms with E-state index in [0.717, 1.165) is 28.8 Å². The summed E-state index contributed by atoms with van der Waals surface area (Å²) in [6.45, 7) is 6.88. The fourth-order valence-electron chi connectivity index (χ4n) is 3.63. The topological polar surface area (TPSA) is 34.5 Å². The lowest BCUT2D eigenvalue weighted by Crippen LogP contribution is -2.33. The molecule has 3 atom stereocenters. The first-order valence-corrected chi connectivity index (χ1v) is 8.68. The highest BCUT2D eigenvalue weighted by molar-refractivity contribution is 5.97. The van der Waals surface area contributed by atoms with Gasteiger partial charge in [0.2, 0.25) is 0 Å². The molecule has 122 valence electrons. The maximum Gasteiger partial charge on any atom is 0.130 e. The van der Waals surface area contributed by atoms with Crippen LogP contribution in [0.2, 0.25) is 0 Å². The molecule has 1 aromatic carbocycles. The molecule has 0 radical (unpaired) electrons. The predicted molar refractivity (Wildman–Crippen MR) is 95.6 cm³/mol. The summed E-state index contributed by atoms with van der Waals surface area (Å²) in [7, 11) is 0. The Morgan fingerprint density at radius 2 is 2.04 bits per heavy atom. The summed E-state index contributed by atoms with van der Waals surface area (Å²) in [5.74, 6) is 1.97. The van der Waals surface area contributed by atoms with Gasteiger partial charge in [-0.05, 0) is 30.7 Å². The van der Waals surface area contributed by atoms with Gasteiger partial charge in [0.15, 0.2) is 0 Å². The molecule has 1 saturated carbocycles. The standard InChI is InChI=1S/C20H26N2O/c1-14(2)18-10-9-15(3)12-19(18)23-22-13-17-7-4-6-16-8-5-11-21-20(16)17/h4-8,11,13-15,18-19H,9-10,12H2,1-3H3/b22-13+/t15-,18+,19+/m1/s1. The second-order valence-corrected chi connectivity index (χ2v) is 7.13. The Bertz CT molecular complexity index is 675. The Balaban J connectivity index is 1.74. The van der Waals surface area contributed by atoms with Gasteiger partial charge in [0.1, 0.15) is 6.10 Å². The van der Waals surface area contributed by atoms with E-state index in [1.165, 1.54) is 12.8 Å². The van der Waals surface area contributed by atoms with E-state index in [9.17, 15) is 0 Å². The lowest BCUT2D eigenvalue weighted by Gasteiger charge is -2.35. The van der Waals surface area contributed by atoms with Gasteiger partial charge in [0, 0.05) is 23.1 Å². The molecule has 0 saturated heterocycles. The van der Waals surface area contributed by atoms with Gasteiger partial charge in [0.25, 0.3) is 0 Å². The van der Waals surface area contributed by atoms with Gasteiger partial charge in [-0.1, -0.05) is 56.6 Å². The van der Waals surface area contributed by atoms with Crippen LogP contribution in [0.25, 0.3) is 10.9 Å². The van der Waals surface area contributed by atoms with E-state index < -0.39 is 0 Å². The van der Waals surface area contributed by atoms with Crippen molar-refractivity contribution in [2.75, 3.05) is 0 Å². The van der Waals surface area contributed by atoms with Crippen LogP contribution < -0.4 is 0 Å². The van der Waals surface area contributed by atoms with E-state index in [2.05, 4.69) is 43.0 Å². The largest absolute Gasteiger partial charge is 0.392 e. The van der Waals surface area contributed by atoms with E-state index in [-0.39, 0.29) is 6.10 Å². The average Bonchev–Trinajstić information content (AvgIpc) is 2.55. The van der Waals surface area contributed by atoms with Crippen molar-refractivity contribution in [1.29, 1.82) is 0 Å². The molecule has 3 rings (SSSR count). The maximum absolute atomic E-state index is 5.92. The summed E-state index contributed by atoms with van der Waals surface area (Å²) in [5, 5.41) is 5.45. The first-order chi connectivity index (χ1) is 11.1. The van der Waals surface area contributed by atoms with Crippen molar-refractivity contribution in [3.63, 3.8) is 0 Å². The zero-order valence-corrected chi connectivity index (χ0v) is 14.3. The van der Waals surface area contributed by atoms with E-state index in [0.29, 0.717) is 11.8 Å². The molecule has 0 bridgehead atoms. The predicted octanol–water partition coefficient (Wildman–Crippen LogP) is 5.05. The van der Waals surface area contributed by atoms with Crippen molar-refractivity contribution < 1.29 is 4.84 Å². The molecule has 3 heteroatoms. The molecule has 3 nitrogen and oxygen atoms in total. The van der Waals surface area contributed by atoms with Crippen LogP contribution in [-0.2, 0) is 4.84 Å². The molecule has 1 aliphatic carbocycles. The summed E-state index contributed by atoms with van der Waals surface area (Å²) >= 11 is 0. The lowest BCUT2D eigenvalue weighted by atomic mass is 9.75. The molecule has 0 spiro atoms. The van der Waals surface area contributed by atoms with E-state index in [1.807, 2.05) is 30.6 Å². The third-order valence-corrected chi connectivity index (χ3v) is 5.01. The highest BCUT2D eigenvalue weighted by Crippen LogP contribution is 2.35. The Hall–Kier alpha value is -1.90. The molecule has 0 amide bonds. The minimum Gasteiger partial charge on any atom is -0.392 e. The first kappa shape index (κ1) is 16.0. The van der Waals surface area contributed by atoms with E-state index >= 15 is 0 Å². The highest BCUT2D eigenvalue weighted by Gasteiger charge is 2.32. The monoisotopic (exact) mass is 310 g/mol. The van der Waals surface area contributed by atoms with Crippen molar-refractivity contribution in [3.8, 4) is 0 Å². The summed E-state index contributed by atoms with van der Waals surface area (Å²) in [6, 6.07) is 10.2. The van der Waals surface area contributed by atoms with Crippen molar-refractivity contribution >= 4 is 17.1 Å². The molecule has 23 heavy (non-hydrogen) atoms. The van der Waals surface area contributed by atoms with Gasteiger partial charge in [-0.25, -0.2) is 0 Å². The van der Waals surface area contributed by atoms with Crippen LogP contribution in [0.5, 0.6) is 0 Å². The number of hydrogen-bond donors (Lipinski definition) is 0. The number of pyridine rings is 1. The van der Waals surface area contributed by atoms with Gasteiger partial charge in [-0.2, -0.15) is 0 Å². The molecular formula is C20H26N2O. The second kappa shape index (κ2) is 7.12. The minimum atomic E-state index is 0.234. The summed E-state index contributed by atoms with van der Waals surface area (Å²) < 4.78 is 0. The van der Waals surface area contributed by atoms with Crippen LogP contribution in [0.4, 0.5) is 0 Å². The number of oxime groups is 1. The number of benzene rings is 1. The van der Waals surface area contributed by atoms with E-state index in [1.54, 1.807) is 0 Å². The molecule has 0 N–H and O–H groups in total. The zero-order valence-electron chi connectivity index (χ0n) is 14.3. The SMILES string of the molecule is CC(C)[C@@H]1CC[C@@H](C)C[C@@H]1O/N=C/c1cccc2cccnc12. The molecule has 1 heterocycles. The van der Waals surface area contributed by atoms with E-state index in [4.69, 9.17) is 4.84 Å². The Morgan fingerprint density at radius 1 is 1.22 bits per heavy atom. The quantitative estimate of drug-likeness (QED) is 0.585. The van der Waals surface area contributed by atoms with Crippen molar-refractivity contribution in [2.24, 2.45) is 22.9 Å². The molecule has 0 aliphatic heterocycles. The summed E-state index contributed by atoms with van der Waals surface area (Å²) in [6.07, 6.45) is 7.52. The van der Waals surface area contributed by atoms with Crippen molar-refractivity contribution in [1.82, 2.24) is 4.98 Å². The minimum absolute atomic E-state index is 0.234. The number of aromatic nitrogens is 1. The first-order valence-electron chi connectivity index (χ1n) is 8.68. The van der Waals surface area contributed by atoms with Crippen molar-refractivity contribution in [3.05, 3.63) is 42.1 Å². The normalized spacial score (nSPS) is 25.3. The molecule has 0 unspecified atom stereocenters. The molecular weight excluding hydrogens is 284 g/mol. The third kappa shape index (κ3) is 3.72. The number of fused-ring (bicyclic) bond motifs is 1. The van der Waals surface area contributed by atoms with Crippen LogP contribution >= 0.6 is 0 Å². The fraction of sp³-hybridized carbons (Fsp3) is 0.500. The van der Waals surface area contributed by atoms with Gasteiger partial charge in [0.05, 0.1) is 11.7 Å². The Morgan fingerprint density at radius 3 is 2.87 bits per heavy atom. The summed E-state index contributed by atoms with van der Waals surface area (Å²) in [4.78, 5) is 10.4. The molecule has 1 fully saturated rings. The summed E-state index contributed by atoms with van der Waals surface area (Å²) in [5.41, 5.74) is 1.98. The maximum atomic E-state index is 5.92. The number of hydrogen-bond acceptors (Lipinski definition) is 3. The highest BCUT2D eigenvalue weighted by atomic mass is 16.6. The fourth-order valence-corrected chi connectivity index (χ4v) is 3.63. The van der Waals surface area contributed by atoms with Gasteiger partial charge < -0.3 is 4.84 Å². The van der Waals surface area contributed by atoms with Gasteiger partial charge >= 0.3 is 0 Å². The van der Waals surface area contributed by atoms with Crippen LogP contribution in [0.3, 0.4) is 0 Å². The molecule has 1 aromatic heterocycles. The van der Waals surface area contributed by atoms with Crippen LogP contribution in [0.15, 0.2) is 41.7 Å². The van der Waals surface area contributed by atoms with Crippen LogP contribution in [-0.4, -0.2) is 17.3 Å². The smallest absolute Gasteiger partial charge is 0.130 e.